The van der Waals surface area contributed by atoms with Crippen molar-refractivity contribution in [3.63, 3.8) is 0 Å². The van der Waals surface area contributed by atoms with Gasteiger partial charge < -0.3 is 9.73 Å². The number of rotatable bonds is 6. The highest BCUT2D eigenvalue weighted by molar-refractivity contribution is 6.34. The van der Waals surface area contributed by atoms with Crippen LogP contribution in [0.3, 0.4) is 0 Å². The molecule has 1 atom stereocenters. The minimum atomic E-state index is -0.562. The fraction of sp³-hybridized carbons (Fsp3) is 0.263. The summed E-state index contributed by atoms with van der Waals surface area (Å²) in [5.74, 6) is 0.247. The SMILES string of the molecule is CC(C)C[C@H](NC(=O)c1ccc([N+](=O)[O-])cc1Cl)c1nc2ccccc2o1. The number of nitro groups is 1. The van der Waals surface area contributed by atoms with Gasteiger partial charge in [0.05, 0.1) is 15.5 Å². The molecule has 140 valence electrons. The van der Waals surface area contributed by atoms with Crippen LogP contribution in [0.5, 0.6) is 0 Å². The lowest BCUT2D eigenvalue weighted by atomic mass is 10.0. The number of fused-ring (bicyclic) bond motifs is 1. The Kier molecular flexibility index (Phi) is 5.41. The number of carbonyl (C=O) groups excluding carboxylic acids is 1. The monoisotopic (exact) mass is 387 g/mol. The lowest BCUT2D eigenvalue weighted by Crippen LogP contribution is -2.30. The topological polar surface area (TPSA) is 98.3 Å². The summed E-state index contributed by atoms with van der Waals surface area (Å²) in [4.78, 5) is 27.4. The van der Waals surface area contributed by atoms with Gasteiger partial charge in [0.1, 0.15) is 11.6 Å². The van der Waals surface area contributed by atoms with Crippen LogP contribution in [0, 0.1) is 16.0 Å². The Morgan fingerprint density at radius 3 is 2.67 bits per heavy atom. The van der Waals surface area contributed by atoms with Gasteiger partial charge in [-0.25, -0.2) is 4.98 Å². The number of hydrogen-bond donors (Lipinski definition) is 1. The van der Waals surface area contributed by atoms with Gasteiger partial charge in [0.25, 0.3) is 11.6 Å². The van der Waals surface area contributed by atoms with Gasteiger partial charge in [-0.1, -0.05) is 37.6 Å². The first-order chi connectivity index (χ1) is 12.8. The Labute approximate surface area is 160 Å². The van der Waals surface area contributed by atoms with Gasteiger partial charge >= 0.3 is 0 Å². The number of aromatic nitrogens is 1. The summed E-state index contributed by atoms with van der Waals surface area (Å²) in [5.41, 5.74) is 1.34. The van der Waals surface area contributed by atoms with Gasteiger partial charge in [-0.2, -0.15) is 0 Å². The van der Waals surface area contributed by atoms with Gasteiger partial charge in [0.2, 0.25) is 5.89 Å². The molecule has 0 aliphatic heterocycles. The Hall–Kier alpha value is -2.93. The molecule has 1 aromatic heterocycles. The summed E-state index contributed by atoms with van der Waals surface area (Å²) in [6.45, 7) is 4.06. The zero-order chi connectivity index (χ0) is 19.6. The molecule has 0 aliphatic carbocycles. The maximum Gasteiger partial charge on any atom is 0.270 e. The van der Waals surface area contributed by atoms with Gasteiger partial charge in [-0.3, -0.25) is 14.9 Å². The van der Waals surface area contributed by atoms with E-state index < -0.39 is 16.9 Å². The predicted molar refractivity (Wildman–Crippen MR) is 102 cm³/mol. The summed E-state index contributed by atoms with van der Waals surface area (Å²) >= 11 is 6.06. The van der Waals surface area contributed by atoms with Crippen LogP contribution in [-0.2, 0) is 0 Å². The predicted octanol–water partition coefficient (Wildman–Crippen LogP) is 4.91. The van der Waals surface area contributed by atoms with Gasteiger partial charge in [0, 0.05) is 12.1 Å². The minimum Gasteiger partial charge on any atom is -0.438 e. The lowest BCUT2D eigenvalue weighted by Gasteiger charge is -2.18. The number of para-hydroxylation sites is 2. The van der Waals surface area contributed by atoms with Crippen LogP contribution in [0.4, 0.5) is 5.69 Å². The Morgan fingerprint density at radius 2 is 2.04 bits per heavy atom. The third kappa shape index (κ3) is 4.25. The number of hydrogen-bond acceptors (Lipinski definition) is 5. The van der Waals surface area contributed by atoms with E-state index in [0.717, 1.165) is 6.07 Å². The maximum atomic E-state index is 12.7. The Morgan fingerprint density at radius 1 is 1.30 bits per heavy atom. The molecule has 3 rings (SSSR count). The van der Waals surface area contributed by atoms with Crippen LogP contribution in [0.15, 0.2) is 46.9 Å². The first-order valence-electron chi connectivity index (χ1n) is 8.45. The number of nitro benzene ring substituents is 1. The molecule has 3 aromatic rings. The lowest BCUT2D eigenvalue weighted by molar-refractivity contribution is -0.384. The number of nitrogens with zero attached hydrogens (tertiary/aromatic N) is 2. The highest BCUT2D eigenvalue weighted by Crippen LogP contribution is 2.27. The number of oxazole rings is 1. The molecule has 0 spiro atoms. The van der Waals surface area contributed by atoms with E-state index in [1.165, 1.54) is 12.1 Å². The van der Waals surface area contributed by atoms with Crippen LogP contribution in [0.2, 0.25) is 5.02 Å². The van der Waals surface area contributed by atoms with Crippen molar-refractivity contribution in [3.8, 4) is 0 Å². The average Bonchev–Trinajstić information content (AvgIpc) is 3.04. The highest BCUT2D eigenvalue weighted by Gasteiger charge is 2.24. The molecular weight excluding hydrogens is 370 g/mol. The normalized spacial score (nSPS) is 12.3. The maximum absolute atomic E-state index is 12.7. The van der Waals surface area contributed by atoms with Crippen molar-refractivity contribution >= 4 is 34.3 Å². The molecule has 2 aromatic carbocycles. The van der Waals surface area contributed by atoms with E-state index in [0.29, 0.717) is 23.4 Å². The summed E-state index contributed by atoms with van der Waals surface area (Å²) in [6, 6.07) is 10.7. The highest BCUT2D eigenvalue weighted by atomic mass is 35.5. The quantitative estimate of drug-likeness (QED) is 0.478. The van der Waals surface area contributed by atoms with E-state index in [4.69, 9.17) is 16.0 Å². The summed E-state index contributed by atoms with van der Waals surface area (Å²) in [7, 11) is 0. The van der Waals surface area contributed by atoms with E-state index >= 15 is 0 Å². The molecule has 1 amide bonds. The van der Waals surface area contributed by atoms with Crippen molar-refractivity contribution in [2.75, 3.05) is 0 Å². The van der Waals surface area contributed by atoms with Crippen molar-refractivity contribution < 1.29 is 14.1 Å². The largest absolute Gasteiger partial charge is 0.438 e. The number of nitrogens with one attached hydrogen (secondary N) is 1. The van der Waals surface area contributed by atoms with Crippen molar-refractivity contribution in [1.29, 1.82) is 0 Å². The van der Waals surface area contributed by atoms with Crippen molar-refractivity contribution in [2.45, 2.75) is 26.3 Å². The van der Waals surface area contributed by atoms with Crippen LogP contribution in [-0.4, -0.2) is 15.8 Å². The summed E-state index contributed by atoms with van der Waals surface area (Å²) in [6.07, 6.45) is 0.614. The van der Waals surface area contributed by atoms with Gasteiger partial charge in [-0.15, -0.1) is 0 Å². The second kappa shape index (κ2) is 7.75. The van der Waals surface area contributed by atoms with E-state index in [1.54, 1.807) is 0 Å². The number of carbonyl (C=O) groups is 1. The van der Waals surface area contributed by atoms with E-state index in [9.17, 15) is 14.9 Å². The zero-order valence-corrected chi connectivity index (χ0v) is 15.6. The standard InChI is InChI=1S/C19H18ClN3O4/c1-11(2)9-16(19-22-15-5-3-4-6-17(15)27-19)21-18(24)13-8-7-12(23(25)26)10-14(13)20/h3-8,10-11,16H,9H2,1-2H3,(H,21,24)/t16-/m0/s1. The van der Waals surface area contributed by atoms with Crippen molar-refractivity contribution in [3.05, 3.63) is 69.1 Å². The third-order valence-electron chi connectivity index (χ3n) is 4.03. The molecule has 0 saturated carbocycles. The first-order valence-corrected chi connectivity index (χ1v) is 8.83. The molecule has 0 aliphatic rings. The van der Waals surface area contributed by atoms with E-state index in [1.807, 2.05) is 38.1 Å². The molecule has 1 heterocycles. The van der Waals surface area contributed by atoms with Crippen LogP contribution in [0.1, 0.15) is 42.6 Å². The molecule has 0 saturated heterocycles. The minimum absolute atomic E-state index is 0.0163. The van der Waals surface area contributed by atoms with Crippen molar-refractivity contribution in [1.82, 2.24) is 10.3 Å². The van der Waals surface area contributed by atoms with Crippen LogP contribution >= 0.6 is 11.6 Å². The van der Waals surface area contributed by atoms with Gasteiger partial charge in [0.15, 0.2) is 5.58 Å². The molecule has 0 unspecified atom stereocenters. The van der Waals surface area contributed by atoms with E-state index in [2.05, 4.69) is 10.3 Å². The van der Waals surface area contributed by atoms with Crippen LogP contribution < -0.4 is 5.32 Å². The second-order valence-electron chi connectivity index (χ2n) is 6.60. The van der Waals surface area contributed by atoms with Gasteiger partial charge in [-0.05, 0) is 30.5 Å². The summed E-state index contributed by atoms with van der Waals surface area (Å²) < 4.78 is 5.80. The second-order valence-corrected chi connectivity index (χ2v) is 7.00. The fourth-order valence-corrected chi connectivity index (χ4v) is 3.03. The number of halogens is 1. The Balaban J connectivity index is 1.88. The molecule has 0 bridgehead atoms. The molecule has 8 heteroatoms. The number of non-ortho nitro benzene ring substituents is 1. The van der Waals surface area contributed by atoms with Crippen molar-refractivity contribution in [2.24, 2.45) is 5.92 Å². The molecule has 7 nitrogen and oxygen atoms in total. The molecule has 0 fully saturated rings. The summed E-state index contributed by atoms with van der Waals surface area (Å²) in [5, 5.41) is 13.7. The first kappa shape index (κ1) is 18.8. The molecule has 27 heavy (non-hydrogen) atoms. The zero-order valence-electron chi connectivity index (χ0n) is 14.8. The number of amides is 1. The number of benzene rings is 2. The van der Waals surface area contributed by atoms with Crippen LogP contribution in [0.25, 0.3) is 11.1 Å². The Bertz CT molecular complexity index is 967. The molecule has 0 radical (unpaired) electrons. The fourth-order valence-electron chi connectivity index (χ4n) is 2.77. The molecular formula is C19H18ClN3O4. The molecule has 1 N–H and O–H groups in total. The van der Waals surface area contributed by atoms with E-state index in [-0.39, 0.29) is 22.2 Å². The smallest absolute Gasteiger partial charge is 0.270 e. The average molecular weight is 388 g/mol. The third-order valence-corrected chi connectivity index (χ3v) is 4.34.